The molecule has 1 heterocycles. The molecule has 84 valence electrons. The van der Waals surface area contributed by atoms with Crippen molar-refractivity contribution >= 4 is 9.84 Å². The fraction of sp³-hybridized carbons (Fsp3) is 0.167. The van der Waals surface area contributed by atoms with Crippen molar-refractivity contribution in [3.63, 3.8) is 0 Å². The highest BCUT2D eigenvalue weighted by atomic mass is 32.2. The van der Waals surface area contributed by atoms with E-state index in [0.717, 1.165) is 0 Å². The summed E-state index contributed by atoms with van der Waals surface area (Å²) in [6, 6.07) is 8.35. The van der Waals surface area contributed by atoms with Crippen molar-refractivity contribution in [3.05, 3.63) is 53.3 Å². The monoisotopic (exact) mass is 236 g/mol. The van der Waals surface area contributed by atoms with Crippen LogP contribution in [0.5, 0.6) is 0 Å². The molecular weight excluding hydrogens is 224 g/mol. The molecule has 1 aliphatic heterocycles. The molecule has 0 radical (unpaired) electrons. The molecule has 0 saturated heterocycles. The molecule has 1 aliphatic rings. The summed E-state index contributed by atoms with van der Waals surface area (Å²) in [5.41, 5.74) is 0. The molecular formula is C12H12O3S. The first-order chi connectivity index (χ1) is 7.51. The Labute approximate surface area is 95.0 Å². The third kappa shape index (κ3) is 1.76. The van der Waals surface area contributed by atoms with Crippen molar-refractivity contribution in [2.75, 3.05) is 0 Å². The first kappa shape index (κ1) is 11.0. The lowest BCUT2D eigenvalue weighted by Crippen LogP contribution is -2.04. The third-order valence-corrected chi connectivity index (χ3v) is 4.40. The summed E-state index contributed by atoms with van der Waals surface area (Å²) < 4.78 is 29.6. The van der Waals surface area contributed by atoms with Gasteiger partial charge in [-0.05, 0) is 19.1 Å². The summed E-state index contributed by atoms with van der Waals surface area (Å²) in [5, 5.41) is 0. The van der Waals surface area contributed by atoms with Crippen molar-refractivity contribution in [2.45, 2.75) is 18.2 Å². The second kappa shape index (κ2) is 3.79. The molecule has 0 atom stereocenters. The van der Waals surface area contributed by atoms with Crippen LogP contribution in [-0.4, -0.2) is 8.42 Å². The summed E-state index contributed by atoms with van der Waals surface area (Å²) >= 11 is 0. The Morgan fingerprint density at radius 2 is 1.88 bits per heavy atom. The molecule has 3 nitrogen and oxygen atoms in total. The SMILES string of the molecule is C=C1CC(S(=O)(=O)c2ccccc2)=C(C)O1. The molecule has 1 aromatic rings. The molecule has 4 heteroatoms. The van der Waals surface area contributed by atoms with Gasteiger partial charge in [0.1, 0.15) is 11.5 Å². The smallest absolute Gasteiger partial charge is 0.206 e. The Kier molecular flexibility index (Phi) is 2.59. The Morgan fingerprint density at radius 3 is 2.38 bits per heavy atom. The van der Waals surface area contributed by atoms with Gasteiger partial charge in [0, 0.05) is 6.42 Å². The van der Waals surface area contributed by atoms with Gasteiger partial charge in [-0.3, -0.25) is 0 Å². The van der Waals surface area contributed by atoms with Crippen LogP contribution in [-0.2, 0) is 14.6 Å². The van der Waals surface area contributed by atoms with Crippen LogP contribution >= 0.6 is 0 Å². The van der Waals surface area contributed by atoms with Gasteiger partial charge in [-0.2, -0.15) is 0 Å². The molecule has 1 aromatic carbocycles. The molecule has 0 aliphatic carbocycles. The van der Waals surface area contributed by atoms with E-state index in [1.165, 1.54) is 0 Å². The van der Waals surface area contributed by atoms with Gasteiger partial charge in [0.15, 0.2) is 0 Å². The lowest BCUT2D eigenvalue weighted by Gasteiger charge is -2.03. The summed E-state index contributed by atoms with van der Waals surface area (Å²) in [6.45, 7) is 5.28. The standard InChI is InChI=1S/C12H12O3S/c1-9-8-12(10(2)15-9)16(13,14)11-6-4-3-5-7-11/h3-7H,1,8H2,2H3. The van der Waals surface area contributed by atoms with Crippen LogP contribution < -0.4 is 0 Å². The van der Waals surface area contributed by atoms with Gasteiger partial charge < -0.3 is 4.74 Å². The van der Waals surface area contributed by atoms with E-state index < -0.39 is 9.84 Å². The minimum absolute atomic E-state index is 0.267. The normalized spacial score (nSPS) is 16.4. The largest absolute Gasteiger partial charge is 0.466 e. The molecule has 0 fully saturated rings. The van der Waals surface area contributed by atoms with Crippen LogP contribution in [0.3, 0.4) is 0 Å². The van der Waals surface area contributed by atoms with Crippen molar-refractivity contribution in [1.82, 2.24) is 0 Å². The maximum absolute atomic E-state index is 12.2. The lowest BCUT2D eigenvalue weighted by atomic mass is 10.4. The van der Waals surface area contributed by atoms with Crippen LogP contribution in [0.4, 0.5) is 0 Å². The number of ether oxygens (including phenoxy) is 1. The van der Waals surface area contributed by atoms with E-state index in [4.69, 9.17) is 4.74 Å². The maximum Gasteiger partial charge on any atom is 0.206 e. The first-order valence-electron chi connectivity index (χ1n) is 4.87. The predicted molar refractivity (Wildman–Crippen MR) is 61.2 cm³/mol. The summed E-state index contributed by atoms with van der Waals surface area (Å²) in [6.07, 6.45) is 0.267. The molecule has 0 aromatic heterocycles. The summed E-state index contributed by atoms with van der Waals surface area (Å²) in [4.78, 5) is 0.603. The molecule has 0 spiro atoms. The minimum atomic E-state index is -3.43. The highest BCUT2D eigenvalue weighted by Gasteiger charge is 2.29. The lowest BCUT2D eigenvalue weighted by molar-refractivity contribution is 0.327. The quantitative estimate of drug-likeness (QED) is 0.792. The summed E-state index contributed by atoms with van der Waals surface area (Å²) in [7, 11) is -3.43. The second-order valence-corrected chi connectivity index (χ2v) is 5.58. The van der Waals surface area contributed by atoms with Crippen molar-refractivity contribution in [2.24, 2.45) is 0 Å². The fourth-order valence-electron chi connectivity index (χ4n) is 1.64. The maximum atomic E-state index is 12.2. The van der Waals surface area contributed by atoms with Gasteiger partial charge in [-0.15, -0.1) is 0 Å². The van der Waals surface area contributed by atoms with Crippen LogP contribution in [0.15, 0.2) is 58.2 Å². The number of sulfone groups is 1. The van der Waals surface area contributed by atoms with E-state index in [1.54, 1.807) is 37.3 Å². The van der Waals surface area contributed by atoms with E-state index in [9.17, 15) is 8.42 Å². The summed E-state index contributed by atoms with van der Waals surface area (Å²) in [5.74, 6) is 0.904. The molecule has 0 unspecified atom stereocenters. The van der Waals surface area contributed by atoms with Crippen LogP contribution in [0, 0.1) is 0 Å². The van der Waals surface area contributed by atoms with Crippen LogP contribution in [0.1, 0.15) is 13.3 Å². The van der Waals surface area contributed by atoms with Gasteiger partial charge in [0.2, 0.25) is 9.84 Å². The van der Waals surface area contributed by atoms with Gasteiger partial charge in [-0.25, -0.2) is 8.42 Å². The molecule has 0 saturated carbocycles. The average Bonchev–Trinajstić information content (AvgIpc) is 2.60. The van der Waals surface area contributed by atoms with Crippen molar-refractivity contribution in [3.8, 4) is 0 Å². The molecule has 16 heavy (non-hydrogen) atoms. The van der Waals surface area contributed by atoms with Gasteiger partial charge in [0.05, 0.1) is 9.80 Å². The van der Waals surface area contributed by atoms with Crippen molar-refractivity contribution in [1.29, 1.82) is 0 Å². The van der Waals surface area contributed by atoms with Crippen LogP contribution in [0.2, 0.25) is 0 Å². The Balaban J connectivity index is 2.50. The van der Waals surface area contributed by atoms with Gasteiger partial charge in [0.25, 0.3) is 0 Å². The van der Waals surface area contributed by atoms with Gasteiger partial charge >= 0.3 is 0 Å². The van der Waals surface area contributed by atoms with Crippen LogP contribution in [0.25, 0.3) is 0 Å². The highest BCUT2D eigenvalue weighted by Crippen LogP contribution is 2.33. The molecule has 2 rings (SSSR count). The van der Waals surface area contributed by atoms with Gasteiger partial charge in [-0.1, -0.05) is 24.8 Å². The zero-order chi connectivity index (χ0) is 11.8. The Morgan fingerprint density at radius 1 is 1.25 bits per heavy atom. The third-order valence-electron chi connectivity index (χ3n) is 2.43. The number of hydrogen-bond donors (Lipinski definition) is 0. The zero-order valence-corrected chi connectivity index (χ0v) is 9.75. The number of hydrogen-bond acceptors (Lipinski definition) is 3. The van der Waals surface area contributed by atoms with E-state index in [-0.39, 0.29) is 6.42 Å². The first-order valence-corrected chi connectivity index (χ1v) is 6.35. The topological polar surface area (TPSA) is 43.4 Å². The van der Waals surface area contributed by atoms with E-state index >= 15 is 0 Å². The Hall–Kier alpha value is -1.55. The molecule has 0 N–H and O–H groups in total. The number of rotatable bonds is 2. The minimum Gasteiger partial charge on any atom is -0.466 e. The average molecular weight is 236 g/mol. The Bertz CT molecular complexity index is 553. The second-order valence-electron chi connectivity index (χ2n) is 3.61. The number of benzene rings is 1. The van der Waals surface area contributed by atoms with E-state index in [2.05, 4.69) is 6.58 Å². The molecule has 0 amide bonds. The van der Waals surface area contributed by atoms with E-state index in [0.29, 0.717) is 21.3 Å². The zero-order valence-electron chi connectivity index (χ0n) is 8.93. The molecule has 0 bridgehead atoms. The van der Waals surface area contributed by atoms with E-state index in [1.807, 2.05) is 0 Å². The number of allylic oxidation sites excluding steroid dienone is 2. The fourth-order valence-corrected chi connectivity index (χ4v) is 3.21. The van der Waals surface area contributed by atoms with Crippen molar-refractivity contribution < 1.29 is 13.2 Å². The predicted octanol–water partition coefficient (Wildman–Crippen LogP) is 2.63. The highest BCUT2D eigenvalue weighted by molar-refractivity contribution is 7.95.